The molecule has 0 radical (unpaired) electrons. The van der Waals surface area contributed by atoms with E-state index in [0.717, 1.165) is 43.3 Å². The highest BCUT2D eigenvalue weighted by atomic mass is 32.1. The van der Waals surface area contributed by atoms with Gasteiger partial charge in [0.15, 0.2) is 5.82 Å². The predicted molar refractivity (Wildman–Crippen MR) is 113 cm³/mol. The molecule has 5 nitrogen and oxygen atoms in total. The van der Waals surface area contributed by atoms with E-state index < -0.39 is 0 Å². The van der Waals surface area contributed by atoms with E-state index >= 15 is 0 Å². The minimum atomic E-state index is 0.551. The summed E-state index contributed by atoms with van der Waals surface area (Å²) in [6.45, 7) is 0.551. The van der Waals surface area contributed by atoms with E-state index in [0.29, 0.717) is 6.61 Å². The third-order valence-electron chi connectivity index (χ3n) is 4.39. The van der Waals surface area contributed by atoms with Gasteiger partial charge in [-0.3, -0.25) is 0 Å². The first-order chi connectivity index (χ1) is 13.9. The zero-order chi connectivity index (χ0) is 18.8. The molecule has 136 valence electrons. The number of fused-ring (bicyclic) bond motifs is 3. The van der Waals surface area contributed by atoms with Crippen LogP contribution < -0.4 is 10.1 Å². The normalized spacial score (nSPS) is 11.0. The predicted octanol–water partition coefficient (Wildman–Crippen LogP) is 5.56. The van der Waals surface area contributed by atoms with E-state index in [2.05, 4.69) is 32.4 Å². The van der Waals surface area contributed by atoms with Crippen LogP contribution in [0.5, 0.6) is 5.75 Å². The lowest BCUT2D eigenvalue weighted by molar-refractivity contribution is 0.306. The molecule has 1 N–H and O–H groups in total. The molecule has 3 heterocycles. The minimum Gasteiger partial charge on any atom is -0.489 e. The molecule has 5 aromatic rings. The minimum absolute atomic E-state index is 0.551. The number of aromatic nitrogens is 3. The van der Waals surface area contributed by atoms with Crippen molar-refractivity contribution in [2.24, 2.45) is 0 Å². The van der Waals surface area contributed by atoms with Crippen LogP contribution in [0.4, 0.5) is 11.5 Å². The van der Waals surface area contributed by atoms with E-state index in [-0.39, 0.29) is 0 Å². The second-order valence-corrected chi connectivity index (χ2v) is 7.28. The van der Waals surface area contributed by atoms with E-state index in [4.69, 9.17) is 4.74 Å². The second kappa shape index (κ2) is 7.25. The molecule has 6 heteroatoms. The van der Waals surface area contributed by atoms with E-state index in [1.165, 1.54) is 0 Å². The van der Waals surface area contributed by atoms with Crippen molar-refractivity contribution >= 4 is 43.3 Å². The maximum Gasteiger partial charge on any atom is 0.151 e. The second-order valence-electron chi connectivity index (χ2n) is 6.28. The zero-order valence-electron chi connectivity index (χ0n) is 14.9. The lowest BCUT2D eigenvalue weighted by Crippen LogP contribution is -1.96. The van der Waals surface area contributed by atoms with Crippen LogP contribution in [-0.4, -0.2) is 15.0 Å². The van der Waals surface area contributed by atoms with Crippen LogP contribution in [0.3, 0.4) is 0 Å². The van der Waals surface area contributed by atoms with Crippen molar-refractivity contribution in [3.05, 3.63) is 84.8 Å². The van der Waals surface area contributed by atoms with Crippen LogP contribution in [-0.2, 0) is 6.61 Å². The summed E-state index contributed by atoms with van der Waals surface area (Å²) in [5, 5.41) is 4.44. The summed E-state index contributed by atoms with van der Waals surface area (Å²) in [5.74, 6) is 1.61. The molecule has 3 aromatic heterocycles. The average Bonchev–Trinajstić information content (AvgIpc) is 3.14. The molecule has 0 bridgehead atoms. The average molecular weight is 384 g/mol. The molecule has 0 spiro atoms. The quantitative estimate of drug-likeness (QED) is 0.430. The number of thiophene rings is 1. The summed E-state index contributed by atoms with van der Waals surface area (Å²) in [6.07, 6.45) is 3.38. The molecule has 0 amide bonds. The molecule has 2 aromatic carbocycles. The number of anilines is 2. The molecule has 0 aliphatic carbocycles. The summed E-state index contributed by atoms with van der Waals surface area (Å²) < 4.78 is 6.85. The third-order valence-corrected chi connectivity index (χ3v) is 5.50. The molecule has 0 fully saturated rings. The SMILES string of the molecule is c1ccc(COc2ccc(Nc3ncnc4c3sc3ncccc34)cc2)cc1. The van der Waals surface area contributed by atoms with Crippen molar-refractivity contribution in [3.63, 3.8) is 0 Å². The smallest absolute Gasteiger partial charge is 0.151 e. The Morgan fingerprint density at radius 3 is 2.57 bits per heavy atom. The lowest BCUT2D eigenvalue weighted by Gasteiger charge is -2.09. The first-order valence-electron chi connectivity index (χ1n) is 8.89. The summed E-state index contributed by atoms with van der Waals surface area (Å²) in [7, 11) is 0. The van der Waals surface area contributed by atoms with Crippen molar-refractivity contribution in [2.75, 3.05) is 5.32 Å². The van der Waals surface area contributed by atoms with Crippen LogP contribution in [0.15, 0.2) is 79.3 Å². The number of hydrogen-bond donors (Lipinski definition) is 1. The fourth-order valence-corrected chi connectivity index (χ4v) is 4.05. The van der Waals surface area contributed by atoms with Gasteiger partial charge in [-0.2, -0.15) is 0 Å². The maximum absolute atomic E-state index is 5.85. The Balaban J connectivity index is 1.36. The van der Waals surface area contributed by atoms with Crippen LogP contribution >= 0.6 is 11.3 Å². The Hall–Kier alpha value is -3.51. The van der Waals surface area contributed by atoms with Gasteiger partial charge in [0.2, 0.25) is 0 Å². The lowest BCUT2D eigenvalue weighted by atomic mass is 10.2. The van der Waals surface area contributed by atoms with Crippen LogP contribution in [0.25, 0.3) is 20.4 Å². The Kier molecular flexibility index (Phi) is 4.31. The van der Waals surface area contributed by atoms with Crippen LogP contribution in [0.1, 0.15) is 5.56 Å². The molecule has 5 rings (SSSR count). The molecule has 0 saturated carbocycles. The van der Waals surface area contributed by atoms with Gasteiger partial charge < -0.3 is 10.1 Å². The van der Waals surface area contributed by atoms with E-state index in [1.807, 2.05) is 54.6 Å². The van der Waals surface area contributed by atoms with Crippen LogP contribution in [0.2, 0.25) is 0 Å². The highest BCUT2D eigenvalue weighted by Gasteiger charge is 2.11. The fraction of sp³-hybridized carbons (Fsp3) is 0.0455. The van der Waals surface area contributed by atoms with E-state index in [1.54, 1.807) is 23.9 Å². The van der Waals surface area contributed by atoms with Gasteiger partial charge in [-0.1, -0.05) is 30.3 Å². The summed E-state index contributed by atoms with van der Waals surface area (Å²) in [5.41, 5.74) is 3.01. The van der Waals surface area contributed by atoms with Gasteiger partial charge >= 0.3 is 0 Å². The number of rotatable bonds is 5. The monoisotopic (exact) mass is 384 g/mol. The standard InChI is InChI=1S/C22H16N4OS/c1-2-5-15(6-3-1)13-27-17-10-8-16(9-11-17)26-21-20-19(24-14-25-21)18-7-4-12-23-22(18)28-20/h1-12,14H,13H2,(H,24,25,26). The Bertz CT molecular complexity index is 1240. The van der Waals surface area contributed by atoms with Crippen molar-refractivity contribution in [3.8, 4) is 5.75 Å². The zero-order valence-corrected chi connectivity index (χ0v) is 15.7. The van der Waals surface area contributed by atoms with Gasteiger partial charge in [0.05, 0.1) is 10.2 Å². The Labute approximate surface area is 165 Å². The third kappa shape index (κ3) is 3.25. The molecule has 0 aliphatic rings. The molecular weight excluding hydrogens is 368 g/mol. The maximum atomic E-state index is 5.85. The molecule has 0 unspecified atom stereocenters. The van der Waals surface area contributed by atoms with Gasteiger partial charge in [-0.25, -0.2) is 15.0 Å². The van der Waals surface area contributed by atoms with Gasteiger partial charge in [0.25, 0.3) is 0 Å². The molecule has 0 saturated heterocycles. The summed E-state index contributed by atoms with van der Waals surface area (Å²) >= 11 is 1.59. The summed E-state index contributed by atoms with van der Waals surface area (Å²) in [4.78, 5) is 14.3. The van der Waals surface area contributed by atoms with Crippen molar-refractivity contribution < 1.29 is 4.74 Å². The van der Waals surface area contributed by atoms with Gasteiger partial charge in [0, 0.05) is 17.3 Å². The molecular formula is C22H16N4OS. The molecule has 0 aliphatic heterocycles. The number of pyridine rings is 1. The highest BCUT2D eigenvalue weighted by Crippen LogP contribution is 2.35. The number of nitrogens with zero attached hydrogens (tertiary/aromatic N) is 3. The van der Waals surface area contributed by atoms with Crippen molar-refractivity contribution in [2.45, 2.75) is 6.61 Å². The number of nitrogens with one attached hydrogen (secondary N) is 1. The van der Waals surface area contributed by atoms with Gasteiger partial charge in [-0.15, -0.1) is 11.3 Å². The van der Waals surface area contributed by atoms with Crippen molar-refractivity contribution in [1.82, 2.24) is 15.0 Å². The number of benzene rings is 2. The highest BCUT2D eigenvalue weighted by molar-refractivity contribution is 7.25. The number of ether oxygens (including phenoxy) is 1. The van der Waals surface area contributed by atoms with Crippen molar-refractivity contribution in [1.29, 1.82) is 0 Å². The first kappa shape index (κ1) is 16.6. The Morgan fingerprint density at radius 2 is 1.71 bits per heavy atom. The number of hydrogen-bond acceptors (Lipinski definition) is 6. The molecule has 28 heavy (non-hydrogen) atoms. The van der Waals surface area contributed by atoms with Gasteiger partial charge in [0.1, 0.15) is 23.5 Å². The van der Waals surface area contributed by atoms with Gasteiger partial charge in [-0.05, 0) is 42.0 Å². The van der Waals surface area contributed by atoms with E-state index in [9.17, 15) is 0 Å². The largest absolute Gasteiger partial charge is 0.489 e. The fourth-order valence-electron chi connectivity index (χ4n) is 3.01. The topological polar surface area (TPSA) is 59.9 Å². The Morgan fingerprint density at radius 1 is 0.857 bits per heavy atom. The van der Waals surface area contributed by atoms with Crippen LogP contribution in [0, 0.1) is 0 Å². The first-order valence-corrected chi connectivity index (χ1v) is 9.70. The summed E-state index contributed by atoms with van der Waals surface area (Å²) in [6, 6.07) is 22.0. The molecule has 0 atom stereocenters.